The summed E-state index contributed by atoms with van der Waals surface area (Å²) in [5.41, 5.74) is 2.19. The molecule has 0 amide bonds. The Labute approximate surface area is 138 Å². The van der Waals surface area contributed by atoms with Crippen LogP contribution in [0.15, 0.2) is 46.9 Å². The second-order valence-corrected chi connectivity index (χ2v) is 5.41. The molecular formula is C19H17FO4. The molecule has 124 valence electrons. The standard InChI is InChI=1S/C19H17FO4/c1-22-17-9-12(6-7-18(21)23-2)8-14-11-16(24-19(14)17)13-4-3-5-15(20)10-13/h3-5,8-11H,6-7H2,1-2H3. The quantitative estimate of drug-likeness (QED) is 0.653. The molecule has 0 N–H and O–H groups in total. The van der Waals surface area contributed by atoms with E-state index in [0.29, 0.717) is 35.5 Å². The highest BCUT2D eigenvalue weighted by Gasteiger charge is 2.13. The lowest BCUT2D eigenvalue weighted by molar-refractivity contribution is -0.140. The topological polar surface area (TPSA) is 48.7 Å². The van der Waals surface area contributed by atoms with Gasteiger partial charge in [-0.15, -0.1) is 0 Å². The van der Waals surface area contributed by atoms with Gasteiger partial charge in [0, 0.05) is 17.4 Å². The Morgan fingerprint density at radius 2 is 2.00 bits per heavy atom. The van der Waals surface area contributed by atoms with Gasteiger partial charge in [0.05, 0.1) is 14.2 Å². The Bertz CT molecular complexity index is 882. The normalized spacial score (nSPS) is 10.8. The zero-order valence-corrected chi connectivity index (χ0v) is 13.5. The van der Waals surface area contributed by atoms with Crippen LogP contribution in [0.25, 0.3) is 22.3 Å². The van der Waals surface area contributed by atoms with Crippen LogP contribution >= 0.6 is 0 Å². The Kier molecular flexibility index (Phi) is 4.51. The molecule has 0 radical (unpaired) electrons. The molecule has 4 nitrogen and oxygen atoms in total. The third-order valence-corrected chi connectivity index (χ3v) is 3.82. The maximum atomic E-state index is 13.4. The van der Waals surface area contributed by atoms with Crippen LogP contribution in [0.2, 0.25) is 0 Å². The van der Waals surface area contributed by atoms with E-state index in [2.05, 4.69) is 4.74 Å². The lowest BCUT2D eigenvalue weighted by Crippen LogP contribution is -2.02. The number of carbonyl (C=O) groups excluding carboxylic acids is 1. The Morgan fingerprint density at radius 3 is 2.71 bits per heavy atom. The number of ether oxygens (including phenoxy) is 2. The largest absolute Gasteiger partial charge is 0.493 e. The van der Waals surface area contributed by atoms with Crippen molar-refractivity contribution >= 4 is 16.9 Å². The minimum absolute atomic E-state index is 0.262. The van der Waals surface area contributed by atoms with Gasteiger partial charge in [0.1, 0.15) is 11.6 Å². The first-order chi connectivity index (χ1) is 11.6. The fourth-order valence-corrected chi connectivity index (χ4v) is 2.61. The van der Waals surface area contributed by atoms with E-state index in [9.17, 15) is 9.18 Å². The molecule has 0 atom stereocenters. The maximum Gasteiger partial charge on any atom is 0.305 e. The van der Waals surface area contributed by atoms with Crippen LogP contribution in [-0.4, -0.2) is 20.2 Å². The highest BCUT2D eigenvalue weighted by atomic mass is 19.1. The molecule has 24 heavy (non-hydrogen) atoms. The zero-order valence-electron chi connectivity index (χ0n) is 13.5. The number of aryl methyl sites for hydroxylation is 1. The van der Waals surface area contributed by atoms with E-state index in [0.717, 1.165) is 10.9 Å². The molecule has 0 bridgehead atoms. The van der Waals surface area contributed by atoms with Gasteiger partial charge in [-0.1, -0.05) is 12.1 Å². The van der Waals surface area contributed by atoms with Crippen molar-refractivity contribution in [3.63, 3.8) is 0 Å². The molecule has 5 heteroatoms. The number of hydrogen-bond acceptors (Lipinski definition) is 4. The van der Waals surface area contributed by atoms with E-state index >= 15 is 0 Å². The van der Waals surface area contributed by atoms with Gasteiger partial charge in [-0.05, 0) is 42.3 Å². The van der Waals surface area contributed by atoms with Gasteiger partial charge in [0.25, 0.3) is 0 Å². The van der Waals surface area contributed by atoms with Crippen LogP contribution in [0.3, 0.4) is 0 Å². The summed E-state index contributed by atoms with van der Waals surface area (Å²) in [7, 11) is 2.93. The zero-order chi connectivity index (χ0) is 17.1. The second kappa shape index (κ2) is 6.74. The summed E-state index contributed by atoms with van der Waals surface area (Å²) in [6.07, 6.45) is 0.833. The molecule has 0 saturated heterocycles. The molecule has 3 aromatic rings. The lowest BCUT2D eigenvalue weighted by Gasteiger charge is -2.05. The molecule has 2 aromatic carbocycles. The molecule has 1 heterocycles. The average Bonchev–Trinajstić information content (AvgIpc) is 3.03. The van der Waals surface area contributed by atoms with Crippen molar-refractivity contribution in [1.29, 1.82) is 0 Å². The van der Waals surface area contributed by atoms with Crippen LogP contribution in [0, 0.1) is 5.82 Å². The van der Waals surface area contributed by atoms with Crippen molar-refractivity contribution in [2.45, 2.75) is 12.8 Å². The Hall–Kier alpha value is -2.82. The molecule has 1 aromatic heterocycles. The van der Waals surface area contributed by atoms with Crippen molar-refractivity contribution in [3.8, 4) is 17.1 Å². The molecular weight excluding hydrogens is 311 g/mol. The van der Waals surface area contributed by atoms with E-state index in [1.165, 1.54) is 19.2 Å². The van der Waals surface area contributed by atoms with E-state index in [1.807, 2.05) is 18.2 Å². The summed E-state index contributed by atoms with van der Waals surface area (Å²) < 4.78 is 29.3. The molecule has 0 unspecified atom stereocenters. The third kappa shape index (κ3) is 3.25. The maximum absolute atomic E-state index is 13.4. The van der Waals surface area contributed by atoms with Crippen molar-refractivity contribution in [1.82, 2.24) is 0 Å². The van der Waals surface area contributed by atoms with Crippen molar-refractivity contribution in [2.24, 2.45) is 0 Å². The number of furan rings is 1. The van der Waals surface area contributed by atoms with Gasteiger partial charge < -0.3 is 13.9 Å². The highest BCUT2D eigenvalue weighted by Crippen LogP contribution is 2.35. The van der Waals surface area contributed by atoms with Gasteiger partial charge in [-0.25, -0.2) is 4.39 Å². The predicted molar refractivity (Wildman–Crippen MR) is 88.5 cm³/mol. The second-order valence-electron chi connectivity index (χ2n) is 5.41. The molecule has 0 saturated carbocycles. The predicted octanol–water partition coefficient (Wildman–Crippen LogP) is 4.35. The molecule has 0 fully saturated rings. The smallest absolute Gasteiger partial charge is 0.305 e. The first-order valence-corrected chi connectivity index (χ1v) is 7.54. The number of fused-ring (bicyclic) bond motifs is 1. The molecule has 0 aliphatic rings. The summed E-state index contributed by atoms with van der Waals surface area (Å²) in [6, 6.07) is 11.8. The number of halogens is 1. The van der Waals surface area contributed by atoms with Gasteiger partial charge in [-0.2, -0.15) is 0 Å². The van der Waals surface area contributed by atoms with Crippen molar-refractivity contribution in [3.05, 3.63) is 53.8 Å². The Morgan fingerprint density at radius 1 is 1.17 bits per heavy atom. The monoisotopic (exact) mass is 328 g/mol. The summed E-state index contributed by atoms with van der Waals surface area (Å²) in [4.78, 5) is 11.3. The number of benzene rings is 2. The average molecular weight is 328 g/mol. The number of esters is 1. The van der Waals surface area contributed by atoms with E-state index in [-0.39, 0.29) is 11.8 Å². The highest BCUT2D eigenvalue weighted by molar-refractivity contribution is 5.88. The van der Waals surface area contributed by atoms with Crippen LogP contribution in [0.4, 0.5) is 4.39 Å². The fourth-order valence-electron chi connectivity index (χ4n) is 2.61. The van der Waals surface area contributed by atoms with Gasteiger partial charge in [-0.3, -0.25) is 4.79 Å². The third-order valence-electron chi connectivity index (χ3n) is 3.82. The summed E-state index contributed by atoms with van der Waals surface area (Å²) in [5, 5.41) is 0.841. The van der Waals surface area contributed by atoms with E-state index < -0.39 is 0 Å². The summed E-state index contributed by atoms with van der Waals surface area (Å²) >= 11 is 0. The van der Waals surface area contributed by atoms with Crippen LogP contribution in [0.5, 0.6) is 5.75 Å². The van der Waals surface area contributed by atoms with E-state index in [4.69, 9.17) is 9.15 Å². The summed E-state index contributed by atoms with van der Waals surface area (Å²) in [5.74, 6) is 0.559. The molecule has 3 rings (SSSR count). The van der Waals surface area contributed by atoms with Crippen molar-refractivity contribution < 1.29 is 23.1 Å². The first-order valence-electron chi connectivity index (χ1n) is 7.54. The number of carbonyl (C=O) groups is 1. The summed E-state index contributed by atoms with van der Waals surface area (Å²) in [6.45, 7) is 0. The molecule has 0 spiro atoms. The number of rotatable bonds is 5. The fraction of sp³-hybridized carbons (Fsp3) is 0.211. The van der Waals surface area contributed by atoms with Crippen LogP contribution < -0.4 is 4.74 Å². The lowest BCUT2D eigenvalue weighted by atomic mass is 10.1. The van der Waals surface area contributed by atoms with Gasteiger partial charge in [0.15, 0.2) is 11.3 Å². The van der Waals surface area contributed by atoms with Crippen LogP contribution in [-0.2, 0) is 16.0 Å². The minimum Gasteiger partial charge on any atom is -0.493 e. The van der Waals surface area contributed by atoms with E-state index in [1.54, 1.807) is 19.2 Å². The Balaban J connectivity index is 2.00. The molecule has 0 aliphatic carbocycles. The van der Waals surface area contributed by atoms with Gasteiger partial charge in [0.2, 0.25) is 0 Å². The first kappa shape index (κ1) is 16.1. The van der Waals surface area contributed by atoms with Crippen molar-refractivity contribution in [2.75, 3.05) is 14.2 Å². The molecule has 0 aliphatic heterocycles. The van der Waals surface area contributed by atoms with Gasteiger partial charge >= 0.3 is 5.97 Å². The minimum atomic E-state index is -0.321. The van der Waals surface area contributed by atoms with Crippen LogP contribution in [0.1, 0.15) is 12.0 Å². The number of methoxy groups -OCH3 is 2. The number of hydrogen-bond donors (Lipinski definition) is 0. The SMILES string of the molecule is COC(=O)CCc1cc(OC)c2oc(-c3cccc(F)c3)cc2c1.